The number of fused-ring (bicyclic) bond motifs is 1. The van der Waals surface area contributed by atoms with E-state index in [-0.39, 0.29) is 11.4 Å². The third-order valence-electron chi connectivity index (χ3n) is 6.88. The third kappa shape index (κ3) is 4.89. The van der Waals surface area contributed by atoms with Crippen LogP contribution in [0.2, 0.25) is 0 Å². The van der Waals surface area contributed by atoms with E-state index in [0.717, 1.165) is 23.0 Å². The second-order valence-corrected chi connectivity index (χ2v) is 9.71. The molecule has 202 valence electrons. The monoisotopic (exact) mass is 542 g/mol. The van der Waals surface area contributed by atoms with Crippen LogP contribution >= 0.6 is 0 Å². The van der Waals surface area contributed by atoms with Gasteiger partial charge in [0.2, 0.25) is 11.8 Å². The van der Waals surface area contributed by atoms with Crippen molar-refractivity contribution in [3.63, 3.8) is 0 Å². The Hall–Kier alpha value is -5.06. The second kappa shape index (κ2) is 9.92. The van der Waals surface area contributed by atoms with E-state index >= 15 is 4.39 Å². The quantitative estimate of drug-likeness (QED) is 0.285. The Morgan fingerprint density at radius 3 is 2.40 bits per heavy atom. The minimum Gasteiger partial charge on any atom is -0.454 e. The molecule has 1 aliphatic carbocycles. The summed E-state index contributed by atoms with van der Waals surface area (Å²) < 4.78 is 35.8. The maximum atomic E-state index is 15.1. The van der Waals surface area contributed by atoms with Crippen molar-refractivity contribution in [1.82, 2.24) is 14.8 Å². The molecule has 2 aliphatic rings. The molecule has 2 aromatic heterocycles. The lowest BCUT2D eigenvalue weighted by atomic mass is 10.0. The number of halogens is 2. The third-order valence-corrected chi connectivity index (χ3v) is 6.88. The van der Waals surface area contributed by atoms with E-state index in [1.165, 1.54) is 36.4 Å². The molecular weight excluding hydrogens is 518 g/mol. The Morgan fingerprint density at radius 2 is 1.73 bits per heavy atom. The number of hydrogen-bond acceptors (Lipinski definition) is 6. The van der Waals surface area contributed by atoms with Crippen molar-refractivity contribution < 1.29 is 23.1 Å². The Morgan fingerprint density at radius 1 is 1.00 bits per heavy atom. The van der Waals surface area contributed by atoms with Crippen LogP contribution in [0.3, 0.4) is 0 Å². The number of hydrogen-bond donors (Lipinski definition) is 3. The first-order valence-electron chi connectivity index (χ1n) is 12.6. The highest BCUT2D eigenvalue weighted by Crippen LogP contribution is 2.47. The molecule has 0 atom stereocenters. The number of nitrogens with one attached hydrogen (secondary N) is 3. The molecule has 40 heavy (non-hydrogen) atoms. The molecule has 3 heterocycles. The lowest BCUT2D eigenvalue weighted by Crippen LogP contribution is -2.35. The van der Waals surface area contributed by atoms with E-state index in [2.05, 4.69) is 26.0 Å². The van der Waals surface area contributed by atoms with Crippen molar-refractivity contribution in [2.24, 2.45) is 12.5 Å². The SMILES string of the molecule is Cn1cc(-c2cc3c(cn2)C(Oc2ccc(NC(=O)C4(C(=O)Nc5ccc(F)cc5)CC4)cc2F)=CCN3)cn1. The van der Waals surface area contributed by atoms with Gasteiger partial charge in [-0.3, -0.25) is 19.3 Å². The van der Waals surface area contributed by atoms with Gasteiger partial charge in [0.25, 0.3) is 0 Å². The molecule has 6 rings (SSSR count). The lowest BCUT2D eigenvalue weighted by Gasteiger charge is -2.20. The number of rotatable bonds is 7. The van der Waals surface area contributed by atoms with Crippen LogP contribution in [0.1, 0.15) is 18.4 Å². The molecular formula is C29H24F2N6O3. The highest BCUT2D eigenvalue weighted by Gasteiger charge is 2.56. The van der Waals surface area contributed by atoms with Crippen LogP contribution in [0.25, 0.3) is 17.0 Å². The first-order chi connectivity index (χ1) is 19.3. The van der Waals surface area contributed by atoms with Crippen molar-refractivity contribution in [1.29, 1.82) is 0 Å². The maximum absolute atomic E-state index is 15.1. The first-order valence-corrected chi connectivity index (χ1v) is 12.6. The zero-order valence-corrected chi connectivity index (χ0v) is 21.4. The number of benzene rings is 2. The summed E-state index contributed by atoms with van der Waals surface area (Å²) in [5.74, 6) is -1.72. The number of amides is 2. The zero-order chi connectivity index (χ0) is 27.9. The average Bonchev–Trinajstić information content (AvgIpc) is 3.66. The van der Waals surface area contributed by atoms with Gasteiger partial charge in [-0.25, -0.2) is 8.78 Å². The van der Waals surface area contributed by atoms with Crippen LogP contribution in [0.15, 0.2) is 73.2 Å². The Bertz CT molecular complexity index is 1660. The predicted octanol–water partition coefficient (Wildman–Crippen LogP) is 4.96. The maximum Gasteiger partial charge on any atom is 0.240 e. The number of nitrogens with zero attached hydrogens (tertiary/aromatic N) is 3. The van der Waals surface area contributed by atoms with Gasteiger partial charge >= 0.3 is 0 Å². The second-order valence-electron chi connectivity index (χ2n) is 9.71. The lowest BCUT2D eigenvalue weighted by molar-refractivity contribution is -0.131. The largest absolute Gasteiger partial charge is 0.454 e. The summed E-state index contributed by atoms with van der Waals surface area (Å²) in [6.07, 6.45) is 7.75. The molecule has 0 unspecified atom stereocenters. The van der Waals surface area contributed by atoms with E-state index in [9.17, 15) is 14.0 Å². The minimum atomic E-state index is -1.26. The van der Waals surface area contributed by atoms with Gasteiger partial charge < -0.3 is 20.7 Å². The van der Waals surface area contributed by atoms with Crippen molar-refractivity contribution in [3.8, 4) is 17.0 Å². The number of carbonyl (C=O) groups is 2. The van der Waals surface area contributed by atoms with Crippen LogP contribution in [0.5, 0.6) is 5.75 Å². The molecule has 0 radical (unpaired) electrons. The van der Waals surface area contributed by atoms with E-state index in [1.807, 2.05) is 19.3 Å². The summed E-state index contributed by atoms with van der Waals surface area (Å²) >= 11 is 0. The summed E-state index contributed by atoms with van der Waals surface area (Å²) in [6, 6.07) is 11.2. The van der Waals surface area contributed by atoms with Gasteiger partial charge in [-0.05, 0) is 61.4 Å². The van der Waals surface area contributed by atoms with Gasteiger partial charge in [0, 0.05) is 54.7 Å². The number of aryl methyl sites for hydroxylation is 1. The Balaban J connectivity index is 1.13. The van der Waals surface area contributed by atoms with Gasteiger partial charge in [-0.2, -0.15) is 5.10 Å². The standard InChI is InChI=1S/C29H24F2N6O3/c1-37-16-17(14-34-37)23-13-24-21(15-33-23)25(8-11-32-24)40-26-7-6-20(12-22(26)31)36-28(39)29(9-10-29)27(38)35-19-4-2-18(30)3-5-19/h2-8,12-16,32H,9-11H2,1H3,(H,35,38)(H,36,39). The van der Waals surface area contributed by atoms with Crippen LogP contribution in [-0.4, -0.2) is 33.1 Å². The number of carbonyl (C=O) groups excluding carboxylic acids is 2. The van der Waals surface area contributed by atoms with Crippen LogP contribution in [0, 0.1) is 17.0 Å². The van der Waals surface area contributed by atoms with Crippen molar-refractivity contribution >= 4 is 34.6 Å². The number of pyridine rings is 1. The van der Waals surface area contributed by atoms with E-state index in [0.29, 0.717) is 36.4 Å². The summed E-state index contributed by atoms with van der Waals surface area (Å²) in [6.45, 7) is 0.483. The van der Waals surface area contributed by atoms with Crippen LogP contribution < -0.4 is 20.7 Å². The van der Waals surface area contributed by atoms with E-state index in [4.69, 9.17) is 4.74 Å². The molecule has 0 spiro atoms. The fourth-order valence-corrected chi connectivity index (χ4v) is 4.47. The van der Waals surface area contributed by atoms with Crippen LogP contribution in [0.4, 0.5) is 25.8 Å². The first kappa shape index (κ1) is 25.2. The summed E-state index contributed by atoms with van der Waals surface area (Å²) in [5.41, 5.74) is 2.40. The Labute approximate surface area is 227 Å². The summed E-state index contributed by atoms with van der Waals surface area (Å²) in [5, 5.41) is 12.7. The molecule has 1 aliphatic heterocycles. The fourth-order valence-electron chi connectivity index (χ4n) is 4.47. The molecule has 11 heteroatoms. The predicted molar refractivity (Wildman–Crippen MR) is 145 cm³/mol. The number of ether oxygens (including phenoxy) is 1. The number of anilines is 3. The van der Waals surface area contributed by atoms with E-state index in [1.54, 1.807) is 23.2 Å². The molecule has 0 bridgehead atoms. The minimum absolute atomic E-state index is 0.0244. The fraction of sp³-hybridized carbons (Fsp3) is 0.172. The van der Waals surface area contributed by atoms with Crippen molar-refractivity contribution in [3.05, 3.63) is 90.4 Å². The molecule has 2 amide bonds. The normalized spacial score (nSPS) is 14.8. The molecule has 2 aromatic carbocycles. The smallest absolute Gasteiger partial charge is 0.240 e. The molecule has 0 saturated heterocycles. The zero-order valence-electron chi connectivity index (χ0n) is 21.4. The Kier molecular flexibility index (Phi) is 6.25. The van der Waals surface area contributed by atoms with Crippen LogP contribution in [-0.2, 0) is 16.6 Å². The average molecular weight is 543 g/mol. The molecule has 1 fully saturated rings. The molecule has 3 N–H and O–H groups in total. The van der Waals surface area contributed by atoms with Gasteiger partial charge in [0.15, 0.2) is 11.6 Å². The molecule has 1 saturated carbocycles. The highest BCUT2D eigenvalue weighted by molar-refractivity contribution is 6.16. The summed E-state index contributed by atoms with van der Waals surface area (Å²) in [4.78, 5) is 30.2. The topological polar surface area (TPSA) is 110 Å². The van der Waals surface area contributed by atoms with Gasteiger partial charge in [-0.1, -0.05) is 0 Å². The highest BCUT2D eigenvalue weighted by atomic mass is 19.1. The van der Waals surface area contributed by atoms with E-state index < -0.39 is 28.9 Å². The van der Waals surface area contributed by atoms with Crippen molar-refractivity contribution in [2.45, 2.75) is 12.8 Å². The van der Waals surface area contributed by atoms with Gasteiger partial charge in [0.05, 0.1) is 17.5 Å². The molecule has 9 nitrogen and oxygen atoms in total. The van der Waals surface area contributed by atoms with Gasteiger partial charge in [-0.15, -0.1) is 0 Å². The van der Waals surface area contributed by atoms with Gasteiger partial charge in [0.1, 0.15) is 17.0 Å². The van der Waals surface area contributed by atoms with Crippen molar-refractivity contribution in [2.75, 3.05) is 22.5 Å². The molecule has 4 aromatic rings. The number of aromatic nitrogens is 3. The summed E-state index contributed by atoms with van der Waals surface area (Å²) in [7, 11) is 1.83.